The molecule has 1 atom stereocenters. The Balaban J connectivity index is 1.53. The first-order valence-electron chi connectivity index (χ1n) is 13.0. The molecule has 10 nitrogen and oxygen atoms in total. The van der Waals surface area contributed by atoms with Gasteiger partial charge in [-0.2, -0.15) is 8.75 Å². The van der Waals surface area contributed by atoms with E-state index in [1.54, 1.807) is 49.6 Å². The topological polar surface area (TPSA) is 118 Å². The average molecular weight is 577 g/mol. The van der Waals surface area contributed by atoms with Crippen molar-refractivity contribution in [1.29, 1.82) is 0 Å². The minimum Gasteiger partial charge on any atom is -0.493 e. The van der Waals surface area contributed by atoms with Gasteiger partial charge in [0.1, 0.15) is 24.2 Å². The second kappa shape index (κ2) is 10.6. The predicted octanol–water partition coefficient (Wildman–Crippen LogP) is 4.67. The summed E-state index contributed by atoms with van der Waals surface area (Å²) in [6.45, 7) is 4.61. The van der Waals surface area contributed by atoms with Gasteiger partial charge in [-0.25, -0.2) is 4.79 Å². The zero-order valence-electron chi connectivity index (χ0n) is 22.9. The van der Waals surface area contributed by atoms with E-state index in [1.165, 1.54) is 7.11 Å². The molecule has 2 aliphatic rings. The van der Waals surface area contributed by atoms with Crippen LogP contribution in [0.25, 0.3) is 16.6 Å². The van der Waals surface area contributed by atoms with Crippen LogP contribution in [0.4, 0.5) is 0 Å². The molecule has 3 heterocycles. The predicted molar refractivity (Wildman–Crippen MR) is 151 cm³/mol. The molecule has 0 amide bonds. The summed E-state index contributed by atoms with van der Waals surface area (Å²) in [4.78, 5) is 13.6. The Labute approximate surface area is 240 Å². The van der Waals surface area contributed by atoms with Gasteiger partial charge in [0, 0.05) is 17.6 Å². The lowest BCUT2D eigenvalue weighted by molar-refractivity contribution is -0.185. The lowest BCUT2D eigenvalue weighted by Crippen LogP contribution is -2.30. The highest BCUT2D eigenvalue weighted by molar-refractivity contribution is 7.00. The Hall–Kier alpha value is -4.35. The van der Waals surface area contributed by atoms with Crippen LogP contribution in [-0.4, -0.2) is 53.4 Å². The van der Waals surface area contributed by atoms with Gasteiger partial charge in [-0.3, -0.25) is 0 Å². The summed E-state index contributed by atoms with van der Waals surface area (Å²) in [5.41, 5.74) is 3.51. The molecule has 0 saturated carbocycles. The Morgan fingerprint density at radius 3 is 2.46 bits per heavy atom. The first-order valence-corrected chi connectivity index (χ1v) is 13.8. The number of ether oxygens (including phenoxy) is 6. The Bertz CT molecular complexity index is 1680. The van der Waals surface area contributed by atoms with E-state index in [-0.39, 0.29) is 18.1 Å². The minimum atomic E-state index is -2.09. The van der Waals surface area contributed by atoms with Gasteiger partial charge in [-0.05, 0) is 67.4 Å². The highest BCUT2D eigenvalue weighted by Gasteiger charge is 2.48. The van der Waals surface area contributed by atoms with Gasteiger partial charge >= 0.3 is 5.97 Å². The maximum absolute atomic E-state index is 13.6. The molecule has 212 valence electrons. The fourth-order valence-corrected chi connectivity index (χ4v) is 5.61. The molecule has 1 aromatic heterocycles. The van der Waals surface area contributed by atoms with E-state index in [9.17, 15) is 9.90 Å². The second-order valence-electron chi connectivity index (χ2n) is 9.89. The van der Waals surface area contributed by atoms with Gasteiger partial charge in [-0.15, -0.1) is 0 Å². The third-order valence-corrected chi connectivity index (χ3v) is 7.44. The molecular weight excluding hydrogens is 548 g/mol. The van der Waals surface area contributed by atoms with Crippen LogP contribution in [0, 0.1) is 0 Å². The molecule has 3 aromatic carbocycles. The summed E-state index contributed by atoms with van der Waals surface area (Å²) in [7, 11) is 3.08. The van der Waals surface area contributed by atoms with Crippen LogP contribution in [0.15, 0.2) is 54.1 Å². The highest BCUT2D eigenvalue weighted by atomic mass is 32.1. The largest absolute Gasteiger partial charge is 0.493 e. The van der Waals surface area contributed by atoms with E-state index >= 15 is 0 Å². The smallest absolute Gasteiger partial charge is 0.342 e. The van der Waals surface area contributed by atoms with Crippen LogP contribution in [0.5, 0.6) is 28.7 Å². The monoisotopic (exact) mass is 576 g/mol. The van der Waals surface area contributed by atoms with E-state index in [2.05, 4.69) is 8.75 Å². The van der Waals surface area contributed by atoms with Crippen molar-refractivity contribution < 1.29 is 38.3 Å². The Morgan fingerprint density at radius 2 is 1.71 bits per heavy atom. The lowest BCUT2D eigenvalue weighted by atomic mass is 9.87. The second-order valence-corrected chi connectivity index (χ2v) is 10.4. The van der Waals surface area contributed by atoms with E-state index in [0.717, 1.165) is 11.7 Å². The van der Waals surface area contributed by atoms with Crippen molar-refractivity contribution in [2.75, 3.05) is 27.4 Å². The Morgan fingerprint density at radius 1 is 0.951 bits per heavy atom. The van der Waals surface area contributed by atoms with Crippen molar-refractivity contribution in [3.63, 3.8) is 0 Å². The fourth-order valence-electron chi connectivity index (χ4n) is 5.10. The van der Waals surface area contributed by atoms with Crippen molar-refractivity contribution in [3.05, 3.63) is 70.8 Å². The number of methoxy groups -OCH3 is 2. The first kappa shape index (κ1) is 26.9. The van der Waals surface area contributed by atoms with Crippen molar-refractivity contribution in [2.45, 2.75) is 32.2 Å². The van der Waals surface area contributed by atoms with Gasteiger partial charge in [0.05, 0.1) is 37.6 Å². The zero-order chi connectivity index (χ0) is 28.7. The number of carbonyl (C=O) groups is 1. The van der Waals surface area contributed by atoms with Crippen molar-refractivity contribution in [3.8, 4) is 28.7 Å². The number of rotatable bonds is 8. The summed E-state index contributed by atoms with van der Waals surface area (Å²) >= 11 is 1.08. The van der Waals surface area contributed by atoms with Crippen LogP contribution in [-0.2, 0) is 21.7 Å². The van der Waals surface area contributed by atoms with Crippen molar-refractivity contribution in [1.82, 2.24) is 8.75 Å². The van der Waals surface area contributed by atoms with E-state index in [0.29, 0.717) is 75.3 Å². The molecule has 11 heteroatoms. The van der Waals surface area contributed by atoms with Crippen LogP contribution < -0.4 is 23.7 Å². The van der Waals surface area contributed by atoms with E-state index in [1.807, 2.05) is 19.9 Å². The molecule has 2 aliphatic heterocycles. The van der Waals surface area contributed by atoms with Gasteiger partial charge in [0.2, 0.25) is 5.75 Å². The molecule has 41 heavy (non-hydrogen) atoms. The number of carbonyl (C=O) groups excluding carboxylic acids is 1. The molecule has 0 aliphatic carbocycles. The number of benzene rings is 3. The summed E-state index contributed by atoms with van der Waals surface area (Å²) in [6, 6.07) is 13.9. The fraction of sp³-hybridized carbons (Fsp3) is 0.300. The van der Waals surface area contributed by atoms with Gasteiger partial charge in [0.25, 0.3) is 5.79 Å². The number of aromatic nitrogens is 2. The molecule has 0 radical (unpaired) electrons. The summed E-state index contributed by atoms with van der Waals surface area (Å²) in [5, 5.41) is 12.2. The number of hydrogen-bond donors (Lipinski definition) is 1. The molecule has 1 unspecified atom stereocenters. The quantitative estimate of drug-likeness (QED) is 0.297. The average Bonchev–Trinajstić information content (AvgIpc) is 3.53. The number of esters is 1. The summed E-state index contributed by atoms with van der Waals surface area (Å²) in [6.07, 6.45) is -0.0168. The molecular formula is C30H28N2O8S. The summed E-state index contributed by atoms with van der Waals surface area (Å²) < 4.78 is 43.0. The van der Waals surface area contributed by atoms with E-state index < -0.39 is 11.8 Å². The number of hydrogen-bond acceptors (Lipinski definition) is 11. The normalized spacial score (nSPS) is 18.1. The summed E-state index contributed by atoms with van der Waals surface area (Å²) in [5.74, 6) is -0.382. The third-order valence-electron chi connectivity index (χ3n) is 6.88. The lowest BCUT2D eigenvalue weighted by Gasteiger charge is -2.28. The van der Waals surface area contributed by atoms with Crippen LogP contribution in [0.3, 0.4) is 0 Å². The van der Waals surface area contributed by atoms with Crippen molar-refractivity contribution >= 4 is 34.3 Å². The maximum Gasteiger partial charge on any atom is 0.342 e. The minimum absolute atomic E-state index is 0.119. The van der Waals surface area contributed by atoms with Crippen LogP contribution >= 0.6 is 11.7 Å². The zero-order valence-corrected chi connectivity index (χ0v) is 23.7. The number of nitrogens with zero attached hydrogens (tertiary/aromatic N) is 2. The van der Waals surface area contributed by atoms with E-state index in [4.69, 9.17) is 28.4 Å². The number of cyclic esters (lactones) is 1. The maximum atomic E-state index is 13.6. The van der Waals surface area contributed by atoms with Gasteiger partial charge in [-0.1, -0.05) is 6.07 Å². The molecule has 1 N–H and O–H groups in total. The molecule has 0 saturated heterocycles. The molecule has 4 aromatic rings. The number of fused-ring (bicyclic) bond motifs is 2. The molecule has 0 fully saturated rings. The SMILES string of the molecule is COc1cc(CC2=C(c3ccc4nsnc4c3)C(=O)OC2(O)c2ccc3c(c2)OCCO3)cc(OC(C)C)c1OC. The standard InChI is InChI=1S/C30H28N2O8S/c1-16(2)39-26-13-17(12-25(35-3)28(26)36-4)11-20-27(18-5-7-21-22(14-18)32-41-31-21)29(33)40-30(20,34)19-6-8-23-24(15-19)38-10-9-37-23/h5-8,12-16,34H,9-11H2,1-4H3. The third kappa shape index (κ3) is 4.81. The van der Waals surface area contributed by atoms with Gasteiger partial charge < -0.3 is 33.5 Å². The van der Waals surface area contributed by atoms with Crippen LogP contribution in [0.2, 0.25) is 0 Å². The number of aliphatic hydroxyl groups is 1. The molecule has 0 spiro atoms. The molecule has 6 rings (SSSR count). The first-order chi connectivity index (χ1) is 19.8. The highest BCUT2D eigenvalue weighted by Crippen LogP contribution is 2.48. The Kier molecular flexibility index (Phi) is 6.92. The van der Waals surface area contributed by atoms with Crippen LogP contribution in [0.1, 0.15) is 30.5 Å². The molecule has 0 bridgehead atoms. The van der Waals surface area contributed by atoms with Crippen molar-refractivity contribution in [2.24, 2.45) is 0 Å². The van der Waals surface area contributed by atoms with Gasteiger partial charge in [0.15, 0.2) is 23.0 Å².